The molecule has 0 spiro atoms. The maximum absolute atomic E-state index is 8.99. The molecule has 0 aliphatic carbocycles. The van der Waals surface area contributed by atoms with Crippen LogP contribution in [-0.2, 0) is 20.1 Å². The molecule has 0 radical (unpaired) electrons. The first-order valence-electron chi connectivity index (χ1n) is 5.88. The normalized spacial score (nSPS) is 10.3. The molecule has 1 heterocycles. The molecule has 0 unspecified atom stereocenters. The van der Waals surface area contributed by atoms with Gasteiger partial charge >= 0.3 is 0 Å². The van der Waals surface area contributed by atoms with E-state index in [4.69, 9.17) is 5.26 Å². The van der Waals surface area contributed by atoms with Gasteiger partial charge in [0.1, 0.15) is 0 Å². The first-order valence-corrected chi connectivity index (χ1v) is 5.88. The highest BCUT2D eigenvalue weighted by atomic mass is 15.2. The minimum absolute atomic E-state index is 0.693. The number of nitrogens with one attached hydrogen (secondary N) is 1. The molecule has 0 aliphatic rings. The predicted octanol–water partition coefficient (Wildman–Crippen LogP) is 1.89. The molecule has 92 valence electrons. The van der Waals surface area contributed by atoms with E-state index < -0.39 is 0 Å². The second-order valence-electron chi connectivity index (χ2n) is 4.29. The number of aryl methyl sites for hydroxylation is 2. The lowest BCUT2D eigenvalue weighted by Crippen LogP contribution is -2.13. The third-order valence-electron chi connectivity index (χ3n) is 2.88. The molecule has 0 amide bonds. The average molecular weight is 240 g/mol. The van der Waals surface area contributed by atoms with E-state index in [0.717, 1.165) is 23.4 Å². The molecule has 1 N–H and O–H groups in total. The fourth-order valence-electron chi connectivity index (χ4n) is 1.94. The van der Waals surface area contributed by atoms with Gasteiger partial charge in [0.2, 0.25) is 0 Å². The topological polar surface area (TPSA) is 53.6 Å². The Morgan fingerprint density at radius 1 is 1.28 bits per heavy atom. The van der Waals surface area contributed by atoms with Crippen LogP contribution >= 0.6 is 0 Å². The van der Waals surface area contributed by atoms with Gasteiger partial charge in [0, 0.05) is 31.9 Å². The van der Waals surface area contributed by atoms with E-state index in [-0.39, 0.29) is 0 Å². The molecule has 0 bridgehead atoms. The number of nitriles is 1. The Hall–Kier alpha value is -2.12. The van der Waals surface area contributed by atoms with E-state index in [0.29, 0.717) is 6.54 Å². The van der Waals surface area contributed by atoms with Crippen molar-refractivity contribution in [1.29, 1.82) is 5.26 Å². The van der Waals surface area contributed by atoms with Crippen molar-refractivity contribution in [3.63, 3.8) is 0 Å². The predicted molar refractivity (Wildman–Crippen MR) is 69.6 cm³/mol. The van der Waals surface area contributed by atoms with Crippen LogP contribution in [0.3, 0.4) is 0 Å². The molecule has 1 aromatic carbocycles. The Morgan fingerprint density at radius 2 is 2.00 bits per heavy atom. The van der Waals surface area contributed by atoms with Crippen LogP contribution in [-0.4, -0.2) is 9.78 Å². The summed E-state index contributed by atoms with van der Waals surface area (Å²) in [5.74, 6) is 0. The van der Waals surface area contributed by atoms with Crippen molar-refractivity contribution < 1.29 is 0 Å². The second kappa shape index (κ2) is 5.48. The Morgan fingerprint density at radius 3 is 2.67 bits per heavy atom. The number of nitrogens with zero attached hydrogens (tertiary/aromatic N) is 3. The van der Waals surface area contributed by atoms with Crippen molar-refractivity contribution in [2.24, 2.45) is 7.05 Å². The van der Waals surface area contributed by atoms with Crippen LogP contribution in [0.5, 0.6) is 0 Å². The average Bonchev–Trinajstić information content (AvgIpc) is 2.68. The van der Waals surface area contributed by atoms with Crippen LogP contribution < -0.4 is 5.32 Å². The summed E-state index contributed by atoms with van der Waals surface area (Å²) in [4.78, 5) is 0. The maximum atomic E-state index is 8.99. The van der Waals surface area contributed by atoms with Crippen LogP contribution in [0.15, 0.2) is 30.5 Å². The number of hydrogen-bond acceptors (Lipinski definition) is 3. The van der Waals surface area contributed by atoms with E-state index >= 15 is 0 Å². The third-order valence-corrected chi connectivity index (χ3v) is 2.88. The standard InChI is InChI=1S/C14H16N4/c1-11-14(10-18(2)17-11)9-16-8-13-6-4-3-5-12(13)7-15/h3-6,10,16H,8-9H2,1-2H3. The van der Waals surface area contributed by atoms with Gasteiger partial charge in [0.15, 0.2) is 0 Å². The molecule has 0 atom stereocenters. The molecule has 4 nitrogen and oxygen atoms in total. The van der Waals surface area contributed by atoms with Crippen molar-refractivity contribution in [2.45, 2.75) is 20.0 Å². The highest BCUT2D eigenvalue weighted by Crippen LogP contribution is 2.08. The van der Waals surface area contributed by atoms with Crippen LogP contribution in [0.4, 0.5) is 0 Å². The lowest BCUT2D eigenvalue weighted by atomic mass is 10.1. The molecule has 18 heavy (non-hydrogen) atoms. The molecule has 4 heteroatoms. The summed E-state index contributed by atoms with van der Waals surface area (Å²) < 4.78 is 1.82. The van der Waals surface area contributed by atoms with Crippen molar-refractivity contribution in [1.82, 2.24) is 15.1 Å². The molecular weight excluding hydrogens is 224 g/mol. The van der Waals surface area contributed by atoms with Crippen LogP contribution in [0.2, 0.25) is 0 Å². The van der Waals surface area contributed by atoms with Gasteiger partial charge in [0.05, 0.1) is 17.3 Å². The maximum Gasteiger partial charge on any atom is 0.0995 e. The van der Waals surface area contributed by atoms with E-state index in [9.17, 15) is 0 Å². The smallest absolute Gasteiger partial charge is 0.0995 e. The summed E-state index contributed by atoms with van der Waals surface area (Å²) in [6.07, 6.45) is 2.01. The minimum Gasteiger partial charge on any atom is -0.308 e. The molecule has 0 saturated carbocycles. The molecule has 0 saturated heterocycles. The Kier molecular flexibility index (Phi) is 3.75. The number of rotatable bonds is 4. The summed E-state index contributed by atoms with van der Waals surface area (Å²) in [7, 11) is 1.92. The summed E-state index contributed by atoms with van der Waals surface area (Å²) >= 11 is 0. The molecule has 2 rings (SSSR count). The first kappa shape index (κ1) is 12.3. The molecular formula is C14H16N4. The highest BCUT2D eigenvalue weighted by Gasteiger charge is 2.04. The fraction of sp³-hybridized carbons (Fsp3) is 0.286. The molecule has 0 aliphatic heterocycles. The minimum atomic E-state index is 0.693. The first-order chi connectivity index (χ1) is 8.70. The number of aromatic nitrogens is 2. The number of hydrogen-bond donors (Lipinski definition) is 1. The molecule has 2 aromatic rings. The quantitative estimate of drug-likeness (QED) is 0.888. The second-order valence-corrected chi connectivity index (χ2v) is 4.29. The van der Waals surface area contributed by atoms with Crippen molar-refractivity contribution >= 4 is 0 Å². The summed E-state index contributed by atoms with van der Waals surface area (Å²) in [6, 6.07) is 9.85. The third kappa shape index (κ3) is 2.76. The summed E-state index contributed by atoms with van der Waals surface area (Å²) in [5.41, 5.74) is 3.99. The van der Waals surface area contributed by atoms with Gasteiger partial charge < -0.3 is 5.32 Å². The lowest BCUT2D eigenvalue weighted by molar-refractivity contribution is 0.689. The van der Waals surface area contributed by atoms with E-state index in [1.165, 1.54) is 5.56 Å². The van der Waals surface area contributed by atoms with Gasteiger partial charge in [-0.3, -0.25) is 4.68 Å². The van der Waals surface area contributed by atoms with Crippen LogP contribution in [0.25, 0.3) is 0 Å². The van der Waals surface area contributed by atoms with Crippen molar-refractivity contribution in [3.05, 3.63) is 52.8 Å². The van der Waals surface area contributed by atoms with E-state index in [1.807, 2.05) is 49.1 Å². The zero-order valence-corrected chi connectivity index (χ0v) is 10.6. The van der Waals surface area contributed by atoms with E-state index in [1.54, 1.807) is 0 Å². The van der Waals surface area contributed by atoms with Gasteiger partial charge in [-0.2, -0.15) is 10.4 Å². The Balaban J connectivity index is 1.97. The van der Waals surface area contributed by atoms with E-state index in [2.05, 4.69) is 16.5 Å². The van der Waals surface area contributed by atoms with Crippen molar-refractivity contribution in [2.75, 3.05) is 0 Å². The van der Waals surface area contributed by atoms with Crippen molar-refractivity contribution in [3.8, 4) is 6.07 Å². The Labute approximate surface area is 107 Å². The highest BCUT2D eigenvalue weighted by molar-refractivity contribution is 5.37. The monoisotopic (exact) mass is 240 g/mol. The summed E-state index contributed by atoms with van der Waals surface area (Å²) in [5, 5.41) is 16.6. The largest absolute Gasteiger partial charge is 0.308 e. The van der Waals surface area contributed by atoms with Gasteiger partial charge in [0.25, 0.3) is 0 Å². The number of benzene rings is 1. The van der Waals surface area contributed by atoms with Crippen LogP contribution in [0, 0.1) is 18.3 Å². The van der Waals surface area contributed by atoms with Gasteiger partial charge in [-0.25, -0.2) is 0 Å². The molecule has 1 aromatic heterocycles. The van der Waals surface area contributed by atoms with Gasteiger partial charge in [-0.05, 0) is 18.6 Å². The zero-order valence-electron chi connectivity index (χ0n) is 10.6. The van der Waals surface area contributed by atoms with Crippen LogP contribution in [0.1, 0.15) is 22.4 Å². The summed E-state index contributed by atoms with van der Waals surface area (Å²) in [6.45, 7) is 3.46. The molecule has 0 fully saturated rings. The zero-order chi connectivity index (χ0) is 13.0. The van der Waals surface area contributed by atoms with Gasteiger partial charge in [-0.1, -0.05) is 18.2 Å². The Bertz CT molecular complexity index is 578. The lowest BCUT2D eigenvalue weighted by Gasteiger charge is -2.05. The SMILES string of the molecule is Cc1nn(C)cc1CNCc1ccccc1C#N. The van der Waals surface area contributed by atoms with Gasteiger partial charge in [-0.15, -0.1) is 0 Å². The fourth-order valence-corrected chi connectivity index (χ4v) is 1.94.